The third kappa shape index (κ3) is 46.1. The summed E-state index contributed by atoms with van der Waals surface area (Å²) in [6.45, 7) is 4.12. The van der Waals surface area contributed by atoms with E-state index in [0.717, 1.165) is 89.9 Å². The predicted molar refractivity (Wildman–Crippen MR) is 249 cm³/mol. The molecule has 1 amide bonds. The van der Waals surface area contributed by atoms with E-state index >= 15 is 0 Å². The van der Waals surface area contributed by atoms with E-state index in [9.17, 15) is 14.4 Å². The van der Waals surface area contributed by atoms with Crippen LogP contribution < -0.4 is 5.32 Å². The van der Waals surface area contributed by atoms with E-state index in [1.807, 2.05) is 0 Å². The van der Waals surface area contributed by atoms with Crippen LogP contribution in [0.2, 0.25) is 0 Å². The molecular formula is C52H93NO5. The number of carbonyl (C=O) groups excluding carboxylic acids is 2. The molecule has 6 nitrogen and oxygen atoms in total. The monoisotopic (exact) mass is 812 g/mol. The van der Waals surface area contributed by atoms with Gasteiger partial charge in [-0.3, -0.25) is 14.4 Å². The first-order chi connectivity index (χ1) is 28.5. The predicted octanol–water partition coefficient (Wildman–Crippen LogP) is 15.8. The molecule has 0 aromatic heterocycles. The van der Waals surface area contributed by atoms with E-state index < -0.39 is 5.97 Å². The van der Waals surface area contributed by atoms with Gasteiger partial charge in [0.1, 0.15) is 12.6 Å². The van der Waals surface area contributed by atoms with E-state index in [1.54, 1.807) is 0 Å². The van der Waals surface area contributed by atoms with Gasteiger partial charge in [0.2, 0.25) is 5.91 Å². The van der Waals surface area contributed by atoms with Gasteiger partial charge >= 0.3 is 11.9 Å². The fourth-order valence-corrected chi connectivity index (χ4v) is 7.39. The minimum absolute atomic E-state index is 0.0500. The molecule has 0 rings (SSSR count). The molecule has 0 bridgehead atoms. The number of amides is 1. The normalized spacial score (nSPS) is 12.4. The Kier molecular flexibility index (Phi) is 44.9. The zero-order valence-electron chi connectivity index (χ0n) is 38.1. The minimum atomic E-state index is -1.02. The van der Waals surface area contributed by atoms with Crippen LogP contribution in [-0.2, 0) is 19.1 Å². The summed E-state index contributed by atoms with van der Waals surface area (Å²) in [7, 11) is 0. The number of nitrogens with one attached hydrogen (secondary N) is 1. The Morgan fingerprint density at radius 3 is 1.28 bits per heavy atom. The number of rotatable bonds is 45. The number of allylic oxidation sites excluding steroid dienone is 8. The van der Waals surface area contributed by atoms with Crippen molar-refractivity contribution in [1.82, 2.24) is 5.32 Å². The van der Waals surface area contributed by atoms with Crippen molar-refractivity contribution in [2.75, 3.05) is 6.54 Å². The molecule has 0 saturated carbocycles. The fraction of sp³-hybridized carbons (Fsp3) is 0.788. The standard InChI is InChI=1S/C52H93NO5/c1-3-5-7-9-11-13-15-17-18-19-20-21-22-23-24-25-26-28-30-32-34-39-43-47-52(57)58-49(45-41-37-35-38-42-46-50(54)53-48-51(55)56)44-40-36-33-31-29-27-16-14-12-10-8-6-4-2/h6,8,12,14,27,29,33,36,49H,3-5,7,9-11,13,15-26,28,30-32,34-35,37-48H2,1-2H3,(H,53,54)(H,55,56)/b8-6-,14-12-,29-27-,36-33-. The molecule has 58 heavy (non-hydrogen) atoms. The van der Waals surface area contributed by atoms with Crippen LogP contribution in [0.3, 0.4) is 0 Å². The average Bonchev–Trinajstić information content (AvgIpc) is 3.21. The highest BCUT2D eigenvalue weighted by atomic mass is 16.5. The third-order valence-electron chi connectivity index (χ3n) is 11.0. The van der Waals surface area contributed by atoms with Crippen molar-refractivity contribution in [2.45, 2.75) is 258 Å². The number of aliphatic carboxylic acids is 1. The molecule has 0 spiro atoms. The Labute approximate surface area is 359 Å². The van der Waals surface area contributed by atoms with Gasteiger partial charge in [0.25, 0.3) is 0 Å². The fourth-order valence-electron chi connectivity index (χ4n) is 7.39. The van der Waals surface area contributed by atoms with Crippen molar-refractivity contribution >= 4 is 17.8 Å². The highest BCUT2D eigenvalue weighted by Gasteiger charge is 2.14. The lowest BCUT2D eigenvalue weighted by atomic mass is 10.0. The van der Waals surface area contributed by atoms with Gasteiger partial charge < -0.3 is 15.2 Å². The van der Waals surface area contributed by atoms with Gasteiger partial charge in [-0.2, -0.15) is 0 Å². The quantitative estimate of drug-likeness (QED) is 0.0363. The van der Waals surface area contributed by atoms with Crippen molar-refractivity contribution in [3.63, 3.8) is 0 Å². The number of carboxylic acids is 1. The highest BCUT2D eigenvalue weighted by molar-refractivity contribution is 5.80. The van der Waals surface area contributed by atoms with Crippen LogP contribution >= 0.6 is 0 Å². The van der Waals surface area contributed by atoms with Crippen molar-refractivity contribution in [3.8, 4) is 0 Å². The summed E-state index contributed by atoms with van der Waals surface area (Å²) < 4.78 is 6.01. The molecule has 1 unspecified atom stereocenters. The summed E-state index contributed by atoms with van der Waals surface area (Å²) in [5, 5.41) is 11.1. The van der Waals surface area contributed by atoms with E-state index in [-0.39, 0.29) is 24.5 Å². The highest BCUT2D eigenvalue weighted by Crippen LogP contribution is 2.18. The number of ether oxygens (including phenoxy) is 1. The molecule has 0 saturated heterocycles. The lowest BCUT2D eigenvalue weighted by Gasteiger charge is -2.17. The number of carbonyl (C=O) groups is 3. The number of hydrogen-bond donors (Lipinski definition) is 2. The van der Waals surface area contributed by atoms with Crippen molar-refractivity contribution in [3.05, 3.63) is 48.6 Å². The topological polar surface area (TPSA) is 92.7 Å². The molecule has 0 aliphatic heterocycles. The van der Waals surface area contributed by atoms with Gasteiger partial charge in [-0.25, -0.2) is 0 Å². The second-order valence-corrected chi connectivity index (χ2v) is 16.7. The van der Waals surface area contributed by atoms with Gasteiger partial charge in [-0.05, 0) is 64.2 Å². The maximum Gasteiger partial charge on any atom is 0.322 e. The SMILES string of the molecule is CC/C=C\C/C=C\C/C=C\C/C=C\CCC(CCCCCCCC(=O)NCC(=O)O)OC(=O)CCCCCCCCCCCCCCCCCCCCCCCCC. The largest absolute Gasteiger partial charge is 0.480 e. The average molecular weight is 812 g/mol. The summed E-state index contributed by atoms with van der Waals surface area (Å²) in [6.07, 6.45) is 61.2. The number of unbranched alkanes of at least 4 members (excludes halogenated alkanes) is 26. The zero-order chi connectivity index (χ0) is 42.3. The van der Waals surface area contributed by atoms with Gasteiger partial charge in [0.15, 0.2) is 0 Å². The summed E-state index contributed by atoms with van der Waals surface area (Å²) >= 11 is 0. The third-order valence-corrected chi connectivity index (χ3v) is 11.0. The van der Waals surface area contributed by atoms with Crippen LogP contribution in [-0.4, -0.2) is 35.6 Å². The number of carboxylic acid groups (broad SMARTS) is 1. The van der Waals surface area contributed by atoms with E-state index in [0.29, 0.717) is 12.8 Å². The molecule has 0 aromatic rings. The number of hydrogen-bond acceptors (Lipinski definition) is 4. The van der Waals surface area contributed by atoms with E-state index in [2.05, 4.69) is 67.8 Å². The maximum atomic E-state index is 12.8. The minimum Gasteiger partial charge on any atom is -0.480 e. The zero-order valence-corrected chi connectivity index (χ0v) is 38.1. The molecule has 0 aliphatic rings. The molecule has 0 aromatic carbocycles. The van der Waals surface area contributed by atoms with Gasteiger partial charge in [-0.15, -0.1) is 0 Å². The van der Waals surface area contributed by atoms with Gasteiger partial charge in [0, 0.05) is 12.8 Å². The van der Waals surface area contributed by atoms with Crippen molar-refractivity contribution in [2.24, 2.45) is 0 Å². The Bertz CT molecular complexity index is 1030. The first kappa shape index (κ1) is 55.4. The molecule has 0 aliphatic carbocycles. The Balaban J connectivity index is 4.08. The smallest absolute Gasteiger partial charge is 0.322 e. The van der Waals surface area contributed by atoms with Crippen LogP contribution in [0.4, 0.5) is 0 Å². The molecule has 0 fully saturated rings. The second kappa shape index (κ2) is 47.1. The van der Waals surface area contributed by atoms with Gasteiger partial charge in [0.05, 0.1) is 0 Å². The molecule has 2 N–H and O–H groups in total. The van der Waals surface area contributed by atoms with Crippen LogP contribution in [0, 0.1) is 0 Å². The van der Waals surface area contributed by atoms with Crippen LogP contribution in [0.1, 0.15) is 251 Å². The summed E-state index contributed by atoms with van der Waals surface area (Å²) in [5.41, 5.74) is 0. The van der Waals surface area contributed by atoms with Crippen molar-refractivity contribution in [1.29, 1.82) is 0 Å². The Morgan fingerprint density at radius 1 is 0.466 bits per heavy atom. The van der Waals surface area contributed by atoms with Gasteiger partial charge in [-0.1, -0.05) is 223 Å². The first-order valence-electron chi connectivity index (χ1n) is 24.8. The van der Waals surface area contributed by atoms with Crippen molar-refractivity contribution < 1.29 is 24.2 Å². The molecule has 6 heteroatoms. The van der Waals surface area contributed by atoms with E-state index in [1.165, 1.54) is 135 Å². The summed E-state index contributed by atoms with van der Waals surface area (Å²) in [6, 6.07) is 0. The molecule has 0 radical (unpaired) electrons. The van der Waals surface area contributed by atoms with E-state index in [4.69, 9.17) is 9.84 Å². The Morgan fingerprint density at radius 2 is 0.845 bits per heavy atom. The lowest BCUT2D eigenvalue weighted by Crippen LogP contribution is -2.28. The molecule has 1 atom stereocenters. The molecule has 336 valence electrons. The van der Waals surface area contributed by atoms with Crippen LogP contribution in [0.5, 0.6) is 0 Å². The molecule has 0 heterocycles. The number of esters is 1. The maximum absolute atomic E-state index is 12.8. The lowest BCUT2D eigenvalue weighted by molar-refractivity contribution is -0.150. The van der Waals surface area contributed by atoms with Crippen LogP contribution in [0.15, 0.2) is 48.6 Å². The Hall–Kier alpha value is -2.63. The molecular weight excluding hydrogens is 719 g/mol. The summed E-state index contributed by atoms with van der Waals surface area (Å²) in [4.78, 5) is 35.1. The second-order valence-electron chi connectivity index (χ2n) is 16.7. The summed E-state index contributed by atoms with van der Waals surface area (Å²) in [5.74, 6) is -1.27. The van der Waals surface area contributed by atoms with Crippen LogP contribution in [0.25, 0.3) is 0 Å². The first-order valence-corrected chi connectivity index (χ1v) is 24.8.